The number of nitrogens with zero attached hydrogens (tertiary/aromatic N) is 1. The second-order valence-electron chi connectivity index (χ2n) is 7.95. The smallest absolute Gasteiger partial charge is 0.223 e. The van der Waals surface area contributed by atoms with Gasteiger partial charge in [0.05, 0.1) is 11.8 Å². The topological polar surface area (TPSA) is 75.7 Å². The minimum absolute atomic E-state index is 0.00190. The van der Waals surface area contributed by atoms with E-state index in [4.69, 9.17) is 4.74 Å². The van der Waals surface area contributed by atoms with E-state index in [0.29, 0.717) is 32.5 Å². The highest BCUT2D eigenvalue weighted by Crippen LogP contribution is 2.22. The van der Waals surface area contributed by atoms with Crippen molar-refractivity contribution < 1.29 is 17.9 Å². The first-order valence-corrected chi connectivity index (χ1v) is 12.0. The highest BCUT2D eigenvalue weighted by molar-refractivity contribution is 7.88. The fourth-order valence-corrected chi connectivity index (χ4v) is 5.09. The molecular formula is C23H30N2O4S. The van der Waals surface area contributed by atoms with E-state index in [-0.39, 0.29) is 23.6 Å². The van der Waals surface area contributed by atoms with Gasteiger partial charge >= 0.3 is 0 Å². The summed E-state index contributed by atoms with van der Waals surface area (Å²) < 4.78 is 32.6. The van der Waals surface area contributed by atoms with Crippen LogP contribution >= 0.6 is 0 Å². The van der Waals surface area contributed by atoms with E-state index < -0.39 is 10.0 Å². The van der Waals surface area contributed by atoms with Crippen LogP contribution in [0.5, 0.6) is 5.75 Å². The molecule has 1 atom stereocenters. The fraction of sp³-hybridized carbons (Fsp3) is 0.435. The standard InChI is InChI=1S/C23H30N2O4S/c1-18-8-10-22(11-9-18)29-16-19(2)24-23(26)21-12-14-25(15-13-21)30(27,28)17-20-6-4-3-5-7-20/h3-11,19,21H,12-17H2,1-2H3,(H,24,26)/t19-/m0/s1. The summed E-state index contributed by atoms with van der Waals surface area (Å²) in [7, 11) is -3.37. The van der Waals surface area contributed by atoms with E-state index in [1.165, 1.54) is 9.87 Å². The van der Waals surface area contributed by atoms with Crippen molar-refractivity contribution in [2.24, 2.45) is 5.92 Å². The van der Waals surface area contributed by atoms with E-state index in [1.54, 1.807) is 0 Å². The first kappa shape index (κ1) is 22.3. The van der Waals surface area contributed by atoms with E-state index in [0.717, 1.165) is 11.3 Å². The quantitative estimate of drug-likeness (QED) is 0.698. The number of amides is 1. The van der Waals surface area contributed by atoms with Crippen molar-refractivity contribution in [3.8, 4) is 5.75 Å². The van der Waals surface area contributed by atoms with Crippen molar-refractivity contribution >= 4 is 15.9 Å². The maximum Gasteiger partial charge on any atom is 0.223 e. The largest absolute Gasteiger partial charge is 0.491 e. The third kappa shape index (κ3) is 6.31. The highest BCUT2D eigenvalue weighted by atomic mass is 32.2. The van der Waals surface area contributed by atoms with Crippen LogP contribution in [0.2, 0.25) is 0 Å². The first-order chi connectivity index (χ1) is 14.3. The van der Waals surface area contributed by atoms with Gasteiger partial charge in [0, 0.05) is 19.0 Å². The number of hydrogen-bond acceptors (Lipinski definition) is 4. The summed E-state index contributed by atoms with van der Waals surface area (Å²) in [6.07, 6.45) is 1.07. The van der Waals surface area contributed by atoms with Gasteiger partial charge in [-0.1, -0.05) is 48.0 Å². The maximum atomic E-state index is 12.7. The van der Waals surface area contributed by atoms with Crippen LogP contribution in [0.3, 0.4) is 0 Å². The molecule has 7 heteroatoms. The molecule has 1 N–H and O–H groups in total. The van der Waals surface area contributed by atoms with Crippen molar-refractivity contribution in [2.45, 2.75) is 38.5 Å². The van der Waals surface area contributed by atoms with Gasteiger partial charge in [0.25, 0.3) is 0 Å². The molecule has 0 spiro atoms. The zero-order valence-electron chi connectivity index (χ0n) is 17.6. The van der Waals surface area contributed by atoms with E-state index >= 15 is 0 Å². The Bertz CT molecular complexity index is 921. The molecule has 2 aromatic carbocycles. The molecule has 162 valence electrons. The van der Waals surface area contributed by atoms with Gasteiger partial charge in [-0.25, -0.2) is 12.7 Å². The van der Waals surface area contributed by atoms with Crippen LogP contribution in [0.4, 0.5) is 0 Å². The predicted molar refractivity (Wildman–Crippen MR) is 118 cm³/mol. The lowest BCUT2D eigenvalue weighted by Gasteiger charge is -2.31. The number of nitrogens with one attached hydrogen (secondary N) is 1. The lowest BCUT2D eigenvalue weighted by molar-refractivity contribution is -0.126. The second-order valence-corrected chi connectivity index (χ2v) is 9.92. The van der Waals surface area contributed by atoms with E-state index in [9.17, 15) is 13.2 Å². The Hall–Kier alpha value is -2.38. The van der Waals surface area contributed by atoms with Gasteiger partial charge in [-0.3, -0.25) is 4.79 Å². The summed E-state index contributed by atoms with van der Waals surface area (Å²) in [5.41, 5.74) is 1.94. The average molecular weight is 431 g/mol. The Balaban J connectivity index is 1.43. The molecule has 0 bridgehead atoms. The van der Waals surface area contributed by atoms with Gasteiger partial charge in [0.2, 0.25) is 15.9 Å². The lowest BCUT2D eigenvalue weighted by Crippen LogP contribution is -2.46. The Morgan fingerprint density at radius 2 is 1.73 bits per heavy atom. The van der Waals surface area contributed by atoms with Crippen molar-refractivity contribution in [3.63, 3.8) is 0 Å². The number of sulfonamides is 1. The zero-order valence-corrected chi connectivity index (χ0v) is 18.4. The molecule has 1 saturated heterocycles. The van der Waals surface area contributed by atoms with Crippen molar-refractivity contribution in [1.29, 1.82) is 0 Å². The molecule has 1 aliphatic heterocycles. The van der Waals surface area contributed by atoms with Crippen molar-refractivity contribution in [1.82, 2.24) is 9.62 Å². The minimum Gasteiger partial charge on any atom is -0.491 e. The molecule has 0 unspecified atom stereocenters. The number of ether oxygens (including phenoxy) is 1. The average Bonchev–Trinajstić information content (AvgIpc) is 2.74. The third-order valence-electron chi connectivity index (χ3n) is 5.32. The van der Waals surface area contributed by atoms with Crippen LogP contribution in [0.15, 0.2) is 54.6 Å². The monoisotopic (exact) mass is 430 g/mol. The van der Waals surface area contributed by atoms with Crippen LogP contribution in [-0.2, 0) is 20.6 Å². The van der Waals surface area contributed by atoms with Crippen molar-refractivity contribution in [3.05, 3.63) is 65.7 Å². The molecule has 1 aliphatic rings. The number of benzene rings is 2. The first-order valence-electron chi connectivity index (χ1n) is 10.3. The molecule has 0 radical (unpaired) electrons. The SMILES string of the molecule is Cc1ccc(OC[C@H](C)NC(=O)C2CCN(S(=O)(=O)Cc3ccccc3)CC2)cc1. The Morgan fingerprint density at radius 3 is 2.37 bits per heavy atom. The van der Waals surface area contributed by atoms with Crippen LogP contribution in [0.25, 0.3) is 0 Å². The van der Waals surface area contributed by atoms with Gasteiger partial charge in [0.1, 0.15) is 12.4 Å². The molecule has 6 nitrogen and oxygen atoms in total. The molecule has 1 amide bonds. The molecule has 1 fully saturated rings. The predicted octanol–water partition coefficient (Wildman–Crippen LogP) is 3.12. The fourth-order valence-electron chi connectivity index (χ4n) is 3.53. The molecule has 3 rings (SSSR count). The Labute approximate surface area is 179 Å². The molecule has 0 aliphatic carbocycles. The minimum atomic E-state index is -3.37. The van der Waals surface area contributed by atoms with Crippen LogP contribution in [-0.4, -0.2) is 44.4 Å². The molecule has 0 saturated carbocycles. The van der Waals surface area contributed by atoms with Crippen LogP contribution < -0.4 is 10.1 Å². The number of rotatable bonds is 8. The summed E-state index contributed by atoms with van der Waals surface area (Å²) in [4.78, 5) is 12.6. The van der Waals surface area contributed by atoms with Gasteiger partial charge in [0.15, 0.2) is 0 Å². The molecule has 30 heavy (non-hydrogen) atoms. The number of aryl methyl sites for hydroxylation is 1. The normalized spacial score (nSPS) is 16.7. The summed E-state index contributed by atoms with van der Waals surface area (Å²) in [5, 5.41) is 2.99. The van der Waals surface area contributed by atoms with Crippen LogP contribution in [0.1, 0.15) is 30.9 Å². The highest BCUT2D eigenvalue weighted by Gasteiger charge is 2.31. The van der Waals surface area contributed by atoms with Crippen LogP contribution in [0, 0.1) is 12.8 Å². The third-order valence-corrected chi connectivity index (χ3v) is 7.17. The molecular weight excluding hydrogens is 400 g/mol. The molecule has 0 aromatic heterocycles. The number of hydrogen-bond donors (Lipinski definition) is 1. The van der Waals surface area contributed by atoms with Gasteiger partial charge in [-0.05, 0) is 44.4 Å². The number of carbonyl (C=O) groups is 1. The Kier molecular flexibility index (Phi) is 7.50. The van der Waals surface area contributed by atoms with Gasteiger partial charge < -0.3 is 10.1 Å². The van der Waals surface area contributed by atoms with Crippen molar-refractivity contribution in [2.75, 3.05) is 19.7 Å². The maximum absolute atomic E-state index is 12.7. The van der Waals surface area contributed by atoms with E-state index in [1.807, 2.05) is 68.4 Å². The summed E-state index contributed by atoms with van der Waals surface area (Å²) in [6.45, 7) is 5.07. The number of carbonyl (C=O) groups excluding carboxylic acids is 1. The number of piperidine rings is 1. The summed E-state index contributed by atoms with van der Waals surface area (Å²) in [6, 6.07) is 16.8. The van der Waals surface area contributed by atoms with E-state index in [2.05, 4.69) is 5.32 Å². The molecule has 2 aromatic rings. The summed E-state index contributed by atoms with van der Waals surface area (Å²) in [5.74, 6) is 0.571. The van der Waals surface area contributed by atoms with Gasteiger partial charge in [-0.15, -0.1) is 0 Å². The lowest BCUT2D eigenvalue weighted by atomic mass is 9.97. The zero-order chi connectivity index (χ0) is 21.6. The summed E-state index contributed by atoms with van der Waals surface area (Å²) >= 11 is 0. The molecule has 1 heterocycles. The Morgan fingerprint density at radius 1 is 1.10 bits per heavy atom. The second kappa shape index (κ2) is 10.1. The van der Waals surface area contributed by atoms with Gasteiger partial charge in [-0.2, -0.15) is 0 Å².